The average molecular weight is 1140 g/mol. The summed E-state index contributed by atoms with van der Waals surface area (Å²) in [5.74, 6) is -0.670. The van der Waals surface area contributed by atoms with E-state index in [1.807, 2.05) is 43.5 Å². The molecule has 1 aliphatic carbocycles. The molecule has 1 saturated carbocycles. The molecule has 12 rings (SSSR count). The Balaban J connectivity index is 0.00000721. The summed E-state index contributed by atoms with van der Waals surface area (Å²) in [6.07, 6.45) is 6.63. The molecule has 11 aromatic rings. The maximum atomic E-state index is 9.43. The maximum Gasteiger partial charge on any atom is 2.00 e. The molecule has 1 aliphatic rings. The molecule has 73 heavy (non-hydrogen) atoms. The average Bonchev–Trinajstić information content (AvgIpc) is 3.02. The van der Waals surface area contributed by atoms with Gasteiger partial charge in [0.25, 0.3) is 0 Å². The number of aryl methyl sites for hydroxylation is 5. The molecule has 0 aliphatic heterocycles. The van der Waals surface area contributed by atoms with Gasteiger partial charge in [0.05, 0.1) is 5.58 Å². The van der Waals surface area contributed by atoms with Gasteiger partial charge in [-0.05, 0) is 172 Å². The van der Waals surface area contributed by atoms with Crippen LogP contribution in [-0.4, -0.2) is 9.97 Å². The molecule has 0 spiro atoms. The minimum absolute atomic E-state index is 0. The number of rotatable bonds is 8. The molecule has 0 bridgehead atoms. The zero-order chi connectivity index (χ0) is 57.8. The van der Waals surface area contributed by atoms with Crippen LogP contribution in [0.2, 0.25) is 0 Å². The van der Waals surface area contributed by atoms with Crippen LogP contribution in [0.3, 0.4) is 0 Å². The molecule has 3 aromatic heterocycles. The Kier molecular flexibility index (Phi) is 9.81. The molecule has 0 atom stereocenters. The van der Waals surface area contributed by atoms with E-state index in [2.05, 4.69) is 112 Å². The van der Waals surface area contributed by atoms with Crippen molar-refractivity contribution in [3.8, 4) is 67.4 Å². The molecular weight excluding hydrogens is 1070 g/mol. The number of fused-ring (bicyclic) bond motifs is 6. The topological polar surface area (TPSA) is 48.2 Å². The standard InChI is InChI=1S/C68H58N2O2.Pt/c1-40-30-63(69-38-43(40)4)52-32-58(47-14-10-9-11-15-47)45(6)65(33-52)71-53-34-61-60-31-51-19-18-48-16-12-13-17-56(48)59(51)37-66(60)72-67(61)62(35-53)64-36-57(44(5)39-70-64)55-23-21-50(29-42(55)3)54-22-20-49(28-41(54)2)46-24-26-68(7,8)27-25-46;/h9-23,28-32,34,36-39,46H,24-27H2,1-8H3;/q-2;+2/i1D3,4D3,6D3,46D;. The van der Waals surface area contributed by atoms with E-state index in [9.17, 15) is 1.37 Å². The van der Waals surface area contributed by atoms with Crippen LogP contribution < -0.4 is 4.74 Å². The molecular formula is C68H58N2O2Pt. The van der Waals surface area contributed by atoms with Crippen molar-refractivity contribution >= 4 is 43.5 Å². The number of nitrogens with zero attached hydrogens (tertiary/aromatic N) is 2. The van der Waals surface area contributed by atoms with Crippen molar-refractivity contribution in [1.82, 2.24) is 9.97 Å². The zero-order valence-electron chi connectivity index (χ0n) is 51.3. The largest absolute Gasteiger partial charge is 2.00 e. The molecule has 0 radical (unpaired) electrons. The Morgan fingerprint density at radius 1 is 0.589 bits per heavy atom. The van der Waals surface area contributed by atoms with Gasteiger partial charge in [-0.1, -0.05) is 182 Å². The van der Waals surface area contributed by atoms with Crippen LogP contribution in [-0.2, 0) is 21.1 Å². The van der Waals surface area contributed by atoms with Gasteiger partial charge in [-0.25, -0.2) is 0 Å². The number of benzene rings is 8. The number of hydrogen-bond acceptors (Lipinski definition) is 4. The first-order chi connectivity index (χ1) is 38.8. The third-order valence-electron chi connectivity index (χ3n) is 14.9. The number of aromatic nitrogens is 2. The van der Waals surface area contributed by atoms with Crippen molar-refractivity contribution in [2.45, 2.75) is 86.8 Å². The van der Waals surface area contributed by atoms with Crippen LogP contribution in [0.4, 0.5) is 0 Å². The van der Waals surface area contributed by atoms with Crippen LogP contribution in [0, 0.1) is 58.9 Å². The molecule has 1 fully saturated rings. The minimum atomic E-state index is -2.83. The first-order valence-corrected chi connectivity index (χ1v) is 24.6. The normalized spacial score (nSPS) is 16.7. The van der Waals surface area contributed by atoms with Gasteiger partial charge in [-0.15, -0.1) is 11.6 Å². The van der Waals surface area contributed by atoms with E-state index in [0.29, 0.717) is 33.4 Å². The monoisotopic (exact) mass is 1140 g/mol. The summed E-state index contributed by atoms with van der Waals surface area (Å²) in [7, 11) is 0. The van der Waals surface area contributed by atoms with E-state index in [-0.39, 0.29) is 60.4 Å². The van der Waals surface area contributed by atoms with Crippen molar-refractivity contribution in [3.05, 3.63) is 203 Å². The maximum absolute atomic E-state index is 9.43. The SMILES string of the molecule is [2H]C([2H])([2H])c1cnc(-c2[c-]c(Oc3[c-]c(-c4cc(-c5ccc(-c6ccc(C7([2H])CCC(C)(C)CC7)cc6C)cc5C)c(C)cn4)c4oc5cc6c(ccc7ccccc76)cc5c4c3)c(C([2H])([2H])[2H])c(-c3ccccc3)c2)cc1C([2H])([2H])[2H].[Pt+2]. The van der Waals surface area contributed by atoms with Crippen LogP contribution >= 0.6 is 0 Å². The second-order valence-corrected chi connectivity index (χ2v) is 20.3. The van der Waals surface area contributed by atoms with Crippen molar-refractivity contribution in [2.24, 2.45) is 5.41 Å². The molecule has 5 heteroatoms. The molecule has 8 aromatic carbocycles. The Bertz CT molecular complexity index is 4360. The van der Waals surface area contributed by atoms with Crippen molar-refractivity contribution in [1.29, 1.82) is 0 Å². The van der Waals surface area contributed by atoms with Gasteiger partial charge in [0.1, 0.15) is 5.58 Å². The number of furan rings is 1. The summed E-state index contributed by atoms with van der Waals surface area (Å²) >= 11 is 0. The Morgan fingerprint density at radius 2 is 1.34 bits per heavy atom. The van der Waals surface area contributed by atoms with Crippen LogP contribution in [0.15, 0.2) is 156 Å². The smallest absolute Gasteiger partial charge is 0.501 e. The fourth-order valence-electron chi connectivity index (χ4n) is 10.7. The van der Waals surface area contributed by atoms with E-state index in [1.54, 1.807) is 36.4 Å². The Labute approximate surface area is 457 Å². The van der Waals surface area contributed by atoms with E-state index in [4.69, 9.17) is 26.5 Å². The second kappa shape index (κ2) is 19.0. The number of hydrogen-bond donors (Lipinski definition) is 0. The number of ether oxygens (including phenoxy) is 1. The minimum Gasteiger partial charge on any atom is -0.501 e. The predicted octanol–water partition coefficient (Wildman–Crippen LogP) is 18.9. The Morgan fingerprint density at radius 3 is 2.14 bits per heavy atom. The van der Waals surface area contributed by atoms with Crippen LogP contribution in [0.1, 0.15) is 98.1 Å². The molecule has 362 valence electrons. The Hall–Kier alpha value is -7.13. The predicted molar refractivity (Wildman–Crippen MR) is 299 cm³/mol. The quantitative estimate of drug-likeness (QED) is 0.112. The molecule has 0 unspecified atom stereocenters. The molecule has 4 nitrogen and oxygen atoms in total. The molecule has 0 saturated heterocycles. The van der Waals surface area contributed by atoms with E-state index < -0.39 is 37.6 Å². The molecule has 0 amide bonds. The fraction of sp³-hybridized carbons (Fsp3) is 0.206. The van der Waals surface area contributed by atoms with Crippen molar-refractivity contribution < 1.29 is 43.9 Å². The third kappa shape index (κ3) is 8.99. The third-order valence-corrected chi connectivity index (χ3v) is 14.9. The zero-order valence-corrected chi connectivity index (χ0v) is 43.6. The van der Waals surface area contributed by atoms with Crippen LogP contribution in [0.25, 0.3) is 99.4 Å². The second-order valence-electron chi connectivity index (χ2n) is 20.3. The summed E-state index contributed by atoms with van der Waals surface area (Å²) in [6.45, 7) is 2.48. The fourth-order valence-corrected chi connectivity index (χ4v) is 10.7. The molecule has 0 N–H and O–H groups in total. The van der Waals surface area contributed by atoms with E-state index in [1.165, 1.54) is 6.07 Å². The van der Waals surface area contributed by atoms with Gasteiger partial charge in [0.2, 0.25) is 0 Å². The van der Waals surface area contributed by atoms with Gasteiger partial charge in [0, 0.05) is 43.0 Å². The summed E-state index contributed by atoms with van der Waals surface area (Å²) in [5.41, 5.74) is 10.7. The first-order valence-electron chi connectivity index (χ1n) is 29.6. The van der Waals surface area contributed by atoms with Gasteiger partial charge in [-0.2, -0.15) is 0 Å². The van der Waals surface area contributed by atoms with Crippen molar-refractivity contribution in [2.75, 3.05) is 0 Å². The van der Waals surface area contributed by atoms with Gasteiger partial charge in [-0.3, -0.25) is 0 Å². The van der Waals surface area contributed by atoms with Crippen LogP contribution in [0.5, 0.6) is 11.5 Å². The summed E-state index contributed by atoms with van der Waals surface area (Å²) < 4.78 is 99.5. The summed E-state index contributed by atoms with van der Waals surface area (Å²) in [4.78, 5) is 9.48. The van der Waals surface area contributed by atoms with Gasteiger partial charge >= 0.3 is 21.1 Å². The first kappa shape index (κ1) is 37.6. The summed E-state index contributed by atoms with van der Waals surface area (Å²) in [6, 6.07) is 51.6. The van der Waals surface area contributed by atoms with Gasteiger partial charge < -0.3 is 19.1 Å². The summed E-state index contributed by atoms with van der Waals surface area (Å²) in [5, 5.41) is 5.56. The van der Waals surface area contributed by atoms with Gasteiger partial charge in [0.15, 0.2) is 0 Å². The van der Waals surface area contributed by atoms with Crippen molar-refractivity contribution in [3.63, 3.8) is 0 Å². The number of pyridine rings is 2. The van der Waals surface area contributed by atoms with E-state index in [0.717, 1.165) is 103 Å². The molecule has 3 heterocycles. The van der Waals surface area contributed by atoms with E-state index >= 15 is 0 Å².